The van der Waals surface area contributed by atoms with Crippen molar-refractivity contribution in [2.24, 2.45) is 0 Å². The Morgan fingerprint density at radius 3 is 2.50 bits per heavy atom. The van der Waals surface area contributed by atoms with Gasteiger partial charge in [0.1, 0.15) is 11.5 Å². The van der Waals surface area contributed by atoms with Crippen LogP contribution in [0.15, 0.2) is 42.5 Å². The molecule has 0 aromatic heterocycles. The first kappa shape index (κ1) is 15.9. The van der Waals surface area contributed by atoms with Gasteiger partial charge in [0.2, 0.25) is 0 Å². The number of hydrogen-bond donors (Lipinski definition) is 1. The Kier molecular flexibility index (Phi) is 5.04. The van der Waals surface area contributed by atoms with E-state index in [-0.39, 0.29) is 5.91 Å². The monoisotopic (exact) mass is 299 g/mol. The minimum Gasteiger partial charge on any atom is -0.495 e. The van der Waals surface area contributed by atoms with E-state index in [1.807, 2.05) is 56.3 Å². The maximum Gasteiger partial charge on any atom is 0.265 e. The number of aryl methyl sites for hydroxylation is 2. The molecular formula is C18H21NO3. The summed E-state index contributed by atoms with van der Waals surface area (Å²) in [7, 11) is 1.58. The molecule has 116 valence electrons. The second-order valence-electron chi connectivity index (χ2n) is 5.22. The van der Waals surface area contributed by atoms with Crippen LogP contribution in [0.1, 0.15) is 18.1 Å². The zero-order valence-electron chi connectivity index (χ0n) is 13.3. The Morgan fingerprint density at radius 2 is 1.82 bits per heavy atom. The van der Waals surface area contributed by atoms with Gasteiger partial charge in [0.25, 0.3) is 5.91 Å². The zero-order chi connectivity index (χ0) is 16.1. The number of para-hydroxylation sites is 1. The number of hydrogen-bond acceptors (Lipinski definition) is 3. The van der Waals surface area contributed by atoms with Crippen LogP contribution in [0.25, 0.3) is 0 Å². The Morgan fingerprint density at radius 1 is 1.09 bits per heavy atom. The third-order valence-corrected chi connectivity index (χ3v) is 3.38. The first-order valence-corrected chi connectivity index (χ1v) is 7.19. The molecule has 0 saturated carbocycles. The molecule has 0 fully saturated rings. The van der Waals surface area contributed by atoms with E-state index in [2.05, 4.69) is 5.32 Å². The molecule has 22 heavy (non-hydrogen) atoms. The molecule has 0 unspecified atom stereocenters. The molecule has 0 bridgehead atoms. The van der Waals surface area contributed by atoms with Gasteiger partial charge in [-0.15, -0.1) is 0 Å². The highest BCUT2D eigenvalue weighted by atomic mass is 16.5. The molecule has 4 nitrogen and oxygen atoms in total. The first-order chi connectivity index (χ1) is 10.5. The van der Waals surface area contributed by atoms with Gasteiger partial charge in [-0.3, -0.25) is 4.79 Å². The van der Waals surface area contributed by atoms with Gasteiger partial charge in [0, 0.05) is 0 Å². The molecule has 0 radical (unpaired) electrons. The number of benzene rings is 2. The Bertz CT molecular complexity index is 667. The topological polar surface area (TPSA) is 47.6 Å². The molecule has 0 spiro atoms. The van der Waals surface area contributed by atoms with Crippen molar-refractivity contribution >= 4 is 11.6 Å². The Labute approximate surface area is 131 Å². The molecular weight excluding hydrogens is 278 g/mol. The van der Waals surface area contributed by atoms with Gasteiger partial charge in [-0.2, -0.15) is 0 Å². The molecule has 2 aromatic rings. The summed E-state index contributed by atoms with van der Waals surface area (Å²) in [4.78, 5) is 12.3. The second-order valence-corrected chi connectivity index (χ2v) is 5.22. The highest BCUT2D eigenvalue weighted by Gasteiger charge is 2.17. The average molecular weight is 299 g/mol. The lowest BCUT2D eigenvalue weighted by Crippen LogP contribution is -2.30. The fourth-order valence-electron chi connectivity index (χ4n) is 2.09. The van der Waals surface area contributed by atoms with Crippen LogP contribution in [0, 0.1) is 13.8 Å². The standard InChI is InChI=1S/C18H21NO3/c1-12-9-10-17(21-4)15(11-12)19-18(20)14(3)22-16-8-6-5-7-13(16)2/h5-11,14H,1-4H3,(H,19,20)/t14-/m0/s1. The summed E-state index contributed by atoms with van der Waals surface area (Å²) in [6, 6.07) is 13.3. The van der Waals surface area contributed by atoms with Crippen molar-refractivity contribution < 1.29 is 14.3 Å². The van der Waals surface area contributed by atoms with E-state index in [9.17, 15) is 4.79 Å². The number of nitrogens with one attached hydrogen (secondary N) is 1. The molecule has 0 aliphatic rings. The van der Waals surface area contributed by atoms with E-state index in [0.717, 1.165) is 11.1 Å². The van der Waals surface area contributed by atoms with Crippen molar-refractivity contribution in [3.63, 3.8) is 0 Å². The van der Waals surface area contributed by atoms with E-state index in [1.54, 1.807) is 14.0 Å². The van der Waals surface area contributed by atoms with Crippen LogP contribution in [0.5, 0.6) is 11.5 Å². The summed E-state index contributed by atoms with van der Waals surface area (Å²) in [5, 5.41) is 2.85. The molecule has 1 atom stereocenters. The van der Waals surface area contributed by atoms with Crippen molar-refractivity contribution in [1.82, 2.24) is 0 Å². The predicted octanol–water partition coefficient (Wildman–Crippen LogP) is 3.72. The van der Waals surface area contributed by atoms with Gasteiger partial charge in [-0.1, -0.05) is 24.3 Å². The lowest BCUT2D eigenvalue weighted by Gasteiger charge is -2.17. The van der Waals surface area contributed by atoms with Crippen LogP contribution >= 0.6 is 0 Å². The molecule has 0 heterocycles. The van der Waals surface area contributed by atoms with Crippen LogP contribution in [0.3, 0.4) is 0 Å². The molecule has 1 N–H and O–H groups in total. The summed E-state index contributed by atoms with van der Waals surface area (Å²) in [6.07, 6.45) is -0.605. The predicted molar refractivity (Wildman–Crippen MR) is 87.6 cm³/mol. The van der Waals surface area contributed by atoms with E-state index >= 15 is 0 Å². The van der Waals surface area contributed by atoms with E-state index < -0.39 is 6.10 Å². The number of rotatable bonds is 5. The maximum absolute atomic E-state index is 12.3. The van der Waals surface area contributed by atoms with Crippen LogP contribution < -0.4 is 14.8 Å². The minimum absolute atomic E-state index is 0.216. The minimum atomic E-state index is -0.605. The molecule has 0 aliphatic heterocycles. The van der Waals surface area contributed by atoms with Crippen molar-refractivity contribution in [2.75, 3.05) is 12.4 Å². The number of carbonyl (C=O) groups is 1. The fourth-order valence-corrected chi connectivity index (χ4v) is 2.09. The van der Waals surface area contributed by atoms with Crippen molar-refractivity contribution in [2.45, 2.75) is 26.9 Å². The largest absolute Gasteiger partial charge is 0.495 e. The number of carbonyl (C=O) groups excluding carboxylic acids is 1. The summed E-state index contributed by atoms with van der Waals surface area (Å²) in [5.74, 6) is 1.12. The zero-order valence-corrected chi connectivity index (χ0v) is 13.3. The fraction of sp³-hybridized carbons (Fsp3) is 0.278. The van der Waals surface area contributed by atoms with Gasteiger partial charge in [-0.05, 0) is 50.1 Å². The van der Waals surface area contributed by atoms with E-state index in [1.165, 1.54) is 0 Å². The normalized spacial score (nSPS) is 11.6. The van der Waals surface area contributed by atoms with Gasteiger partial charge >= 0.3 is 0 Å². The molecule has 2 aromatic carbocycles. The summed E-state index contributed by atoms with van der Waals surface area (Å²) in [5.41, 5.74) is 2.69. The second kappa shape index (κ2) is 6.98. The number of amides is 1. The van der Waals surface area contributed by atoms with Gasteiger partial charge < -0.3 is 14.8 Å². The lowest BCUT2D eigenvalue weighted by atomic mass is 10.2. The van der Waals surface area contributed by atoms with Crippen LogP contribution in [0.2, 0.25) is 0 Å². The average Bonchev–Trinajstić information content (AvgIpc) is 2.49. The highest BCUT2D eigenvalue weighted by Crippen LogP contribution is 2.26. The molecule has 1 amide bonds. The number of anilines is 1. The van der Waals surface area contributed by atoms with Crippen molar-refractivity contribution in [3.05, 3.63) is 53.6 Å². The quantitative estimate of drug-likeness (QED) is 0.915. The third-order valence-electron chi connectivity index (χ3n) is 3.38. The Hall–Kier alpha value is -2.49. The summed E-state index contributed by atoms with van der Waals surface area (Å²) < 4.78 is 11.0. The van der Waals surface area contributed by atoms with Crippen molar-refractivity contribution in [3.8, 4) is 11.5 Å². The number of ether oxygens (including phenoxy) is 2. The maximum atomic E-state index is 12.3. The lowest BCUT2D eigenvalue weighted by molar-refractivity contribution is -0.122. The van der Waals surface area contributed by atoms with Crippen molar-refractivity contribution in [1.29, 1.82) is 0 Å². The first-order valence-electron chi connectivity index (χ1n) is 7.19. The highest BCUT2D eigenvalue weighted by molar-refractivity contribution is 5.95. The summed E-state index contributed by atoms with van der Waals surface area (Å²) >= 11 is 0. The number of methoxy groups -OCH3 is 1. The smallest absolute Gasteiger partial charge is 0.265 e. The molecule has 0 saturated heterocycles. The third kappa shape index (κ3) is 3.79. The van der Waals surface area contributed by atoms with Crippen LogP contribution in [-0.2, 0) is 4.79 Å². The van der Waals surface area contributed by atoms with E-state index in [4.69, 9.17) is 9.47 Å². The molecule has 2 rings (SSSR count). The molecule has 0 aliphatic carbocycles. The SMILES string of the molecule is COc1ccc(C)cc1NC(=O)[C@H](C)Oc1ccccc1C. The van der Waals surface area contributed by atoms with Crippen LogP contribution in [0.4, 0.5) is 5.69 Å². The molecule has 4 heteroatoms. The Balaban J connectivity index is 2.09. The summed E-state index contributed by atoms with van der Waals surface area (Å²) in [6.45, 7) is 5.63. The van der Waals surface area contributed by atoms with Gasteiger partial charge in [-0.25, -0.2) is 0 Å². The van der Waals surface area contributed by atoms with Gasteiger partial charge in [0.05, 0.1) is 12.8 Å². The van der Waals surface area contributed by atoms with Gasteiger partial charge in [0.15, 0.2) is 6.10 Å². The van der Waals surface area contributed by atoms with E-state index in [0.29, 0.717) is 17.2 Å². The van der Waals surface area contributed by atoms with Crippen LogP contribution in [-0.4, -0.2) is 19.1 Å².